The van der Waals surface area contributed by atoms with Crippen LogP contribution in [0.1, 0.15) is 38.2 Å². The number of methoxy groups -OCH3 is 2. The molecule has 1 aromatic heterocycles. The molecule has 1 aromatic carbocycles. The third-order valence-corrected chi connectivity index (χ3v) is 5.75. The summed E-state index contributed by atoms with van der Waals surface area (Å²) in [7, 11) is 3.11. The fourth-order valence-electron chi connectivity index (χ4n) is 4.43. The summed E-state index contributed by atoms with van der Waals surface area (Å²) in [5, 5.41) is 16.8. The second-order valence-corrected chi connectivity index (χ2v) is 8.40. The Kier molecular flexibility index (Phi) is 4.93. The molecule has 1 atom stereocenters. The lowest BCUT2D eigenvalue weighted by Crippen LogP contribution is -2.42. The van der Waals surface area contributed by atoms with Crippen LogP contribution in [0.4, 0.5) is 5.95 Å². The zero-order chi connectivity index (χ0) is 22.3. The number of Topliss-reactive ketones (excluding diaryl/α,β-unsaturated/α-hetero) is 1. The van der Waals surface area contributed by atoms with Gasteiger partial charge in [-0.15, -0.1) is 0 Å². The number of allylic oxidation sites excluding steroid dienone is 3. The molecule has 9 heteroatoms. The average molecular weight is 420 g/mol. The van der Waals surface area contributed by atoms with Crippen LogP contribution in [0.15, 0.2) is 47.2 Å². The lowest BCUT2D eigenvalue weighted by Gasteiger charge is -2.42. The Hall–Kier alpha value is -3.80. The van der Waals surface area contributed by atoms with Crippen molar-refractivity contribution in [3.63, 3.8) is 0 Å². The summed E-state index contributed by atoms with van der Waals surface area (Å²) in [5.74, 6) is 1.03. The molecular weight excluding hydrogens is 396 g/mol. The van der Waals surface area contributed by atoms with Crippen LogP contribution in [0.25, 0.3) is 0 Å². The zero-order valence-electron chi connectivity index (χ0n) is 17.9. The van der Waals surface area contributed by atoms with Gasteiger partial charge < -0.3 is 15.2 Å². The Balaban J connectivity index is 2.01. The number of aromatic amines is 1. The number of benzene rings is 1. The number of hydrogen-bond donors (Lipinski definition) is 2. The molecule has 1 aliphatic carbocycles. The molecule has 1 aliphatic heterocycles. The summed E-state index contributed by atoms with van der Waals surface area (Å²) >= 11 is 0. The Morgan fingerprint density at radius 3 is 2.68 bits per heavy atom. The quantitative estimate of drug-likeness (QED) is 0.772. The molecule has 0 bridgehead atoms. The fourth-order valence-corrected chi connectivity index (χ4v) is 4.43. The monoisotopic (exact) mass is 420 g/mol. The fraction of sp³-hybridized carbons (Fsp3) is 0.364. The second kappa shape index (κ2) is 7.47. The number of H-pyrrole nitrogens is 1. The predicted octanol–water partition coefficient (Wildman–Crippen LogP) is 2.76. The Morgan fingerprint density at radius 2 is 2.06 bits per heavy atom. The van der Waals surface area contributed by atoms with E-state index in [1.54, 1.807) is 31.3 Å². The van der Waals surface area contributed by atoms with Crippen LogP contribution < -0.4 is 20.1 Å². The van der Waals surface area contributed by atoms with E-state index in [1.165, 1.54) is 6.33 Å². The number of carbonyl (C=O) groups is 1. The number of aromatic nitrogens is 3. The highest BCUT2D eigenvalue weighted by molar-refractivity contribution is 6.01. The van der Waals surface area contributed by atoms with E-state index in [0.29, 0.717) is 41.4 Å². The summed E-state index contributed by atoms with van der Waals surface area (Å²) in [6.07, 6.45) is 2.32. The molecule has 4 rings (SSSR count). The van der Waals surface area contributed by atoms with Crippen molar-refractivity contribution in [1.82, 2.24) is 15.2 Å². The number of nitrogens with two attached hydrogens (primary N) is 1. The van der Waals surface area contributed by atoms with Crippen LogP contribution in [-0.2, 0) is 4.79 Å². The third-order valence-electron chi connectivity index (χ3n) is 5.75. The maximum Gasteiger partial charge on any atom is 0.231 e. The summed E-state index contributed by atoms with van der Waals surface area (Å²) in [4.78, 5) is 19.3. The first-order valence-corrected chi connectivity index (χ1v) is 9.84. The van der Waals surface area contributed by atoms with Gasteiger partial charge in [-0.3, -0.25) is 9.69 Å². The van der Waals surface area contributed by atoms with Gasteiger partial charge in [0, 0.05) is 29.3 Å². The van der Waals surface area contributed by atoms with Gasteiger partial charge in [-0.1, -0.05) is 19.9 Å². The topological polar surface area (TPSA) is 130 Å². The minimum Gasteiger partial charge on any atom is -0.497 e. The van der Waals surface area contributed by atoms with E-state index in [4.69, 9.17) is 15.2 Å². The first-order chi connectivity index (χ1) is 14.8. The molecule has 0 amide bonds. The van der Waals surface area contributed by atoms with E-state index in [9.17, 15) is 10.1 Å². The van der Waals surface area contributed by atoms with E-state index in [-0.39, 0.29) is 22.6 Å². The summed E-state index contributed by atoms with van der Waals surface area (Å²) in [6, 6.07) is 7.56. The molecule has 0 unspecified atom stereocenters. The molecule has 0 saturated carbocycles. The third kappa shape index (κ3) is 3.30. The number of nitrogens with one attached hydrogen (secondary N) is 1. The highest BCUT2D eigenvalue weighted by Gasteiger charge is 2.46. The van der Waals surface area contributed by atoms with Gasteiger partial charge in [0.1, 0.15) is 23.6 Å². The first kappa shape index (κ1) is 20.5. The van der Waals surface area contributed by atoms with Crippen LogP contribution in [0.2, 0.25) is 0 Å². The minimum atomic E-state index is -0.649. The molecule has 2 aromatic rings. The van der Waals surface area contributed by atoms with Gasteiger partial charge in [-0.2, -0.15) is 15.3 Å². The molecule has 0 radical (unpaired) electrons. The molecule has 31 heavy (non-hydrogen) atoms. The number of carbonyl (C=O) groups excluding carboxylic acids is 1. The Morgan fingerprint density at radius 1 is 1.29 bits per heavy atom. The van der Waals surface area contributed by atoms with Crippen molar-refractivity contribution >= 4 is 11.7 Å². The second-order valence-electron chi connectivity index (χ2n) is 8.40. The molecule has 9 nitrogen and oxygen atoms in total. The van der Waals surface area contributed by atoms with Crippen molar-refractivity contribution in [2.24, 2.45) is 11.1 Å². The number of ketones is 1. The minimum absolute atomic E-state index is 0.0288. The van der Waals surface area contributed by atoms with Gasteiger partial charge in [-0.25, -0.2) is 5.10 Å². The Bertz CT molecular complexity index is 1140. The molecule has 3 N–H and O–H groups in total. The van der Waals surface area contributed by atoms with Gasteiger partial charge in [0.05, 0.1) is 31.8 Å². The first-order valence-electron chi connectivity index (χ1n) is 9.84. The van der Waals surface area contributed by atoms with Crippen LogP contribution in [0.5, 0.6) is 11.5 Å². The van der Waals surface area contributed by atoms with E-state index >= 15 is 0 Å². The van der Waals surface area contributed by atoms with E-state index in [1.807, 2.05) is 19.9 Å². The van der Waals surface area contributed by atoms with E-state index in [0.717, 1.165) is 5.70 Å². The highest BCUT2D eigenvalue weighted by Crippen LogP contribution is 2.51. The number of hydrogen-bond acceptors (Lipinski definition) is 8. The largest absolute Gasteiger partial charge is 0.497 e. The van der Waals surface area contributed by atoms with Crippen molar-refractivity contribution in [2.75, 3.05) is 19.1 Å². The molecule has 0 spiro atoms. The zero-order valence-corrected chi connectivity index (χ0v) is 17.9. The SMILES string of the molecule is COc1ccc([C@@H]2C(C#N)=C(N)N(c3ncn[nH]3)C3=C2C(=O)CC(C)(C)C3)c(OC)c1. The lowest BCUT2D eigenvalue weighted by atomic mass is 9.68. The molecule has 2 heterocycles. The van der Waals surface area contributed by atoms with Gasteiger partial charge in [0.2, 0.25) is 5.95 Å². The van der Waals surface area contributed by atoms with Gasteiger partial charge in [-0.05, 0) is 17.9 Å². The van der Waals surface area contributed by atoms with E-state index in [2.05, 4.69) is 21.3 Å². The smallest absolute Gasteiger partial charge is 0.231 e. The molecule has 160 valence electrons. The molecule has 0 saturated heterocycles. The van der Waals surface area contributed by atoms with Crippen molar-refractivity contribution in [3.05, 3.63) is 52.8 Å². The van der Waals surface area contributed by atoms with Gasteiger partial charge in [0.25, 0.3) is 0 Å². The maximum absolute atomic E-state index is 13.5. The van der Waals surface area contributed by atoms with Crippen molar-refractivity contribution < 1.29 is 14.3 Å². The number of nitrogens with zero attached hydrogens (tertiary/aromatic N) is 4. The average Bonchev–Trinajstić information content (AvgIpc) is 3.25. The maximum atomic E-state index is 13.5. The number of anilines is 1. The normalized spacial score (nSPS) is 20.4. The van der Waals surface area contributed by atoms with Gasteiger partial charge in [0.15, 0.2) is 5.78 Å². The number of rotatable bonds is 4. The highest BCUT2D eigenvalue weighted by atomic mass is 16.5. The van der Waals surface area contributed by atoms with Crippen LogP contribution in [0, 0.1) is 16.7 Å². The lowest BCUT2D eigenvalue weighted by molar-refractivity contribution is -0.118. The van der Waals surface area contributed by atoms with Crippen molar-refractivity contribution in [1.29, 1.82) is 5.26 Å². The summed E-state index contributed by atoms with van der Waals surface area (Å²) in [5.41, 5.74) is 8.44. The summed E-state index contributed by atoms with van der Waals surface area (Å²) in [6.45, 7) is 4.08. The van der Waals surface area contributed by atoms with Gasteiger partial charge >= 0.3 is 0 Å². The molecule has 0 fully saturated rings. The van der Waals surface area contributed by atoms with Crippen molar-refractivity contribution in [2.45, 2.75) is 32.6 Å². The van der Waals surface area contributed by atoms with Crippen molar-refractivity contribution in [3.8, 4) is 17.6 Å². The number of ether oxygens (including phenoxy) is 2. The van der Waals surface area contributed by atoms with Crippen LogP contribution >= 0.6 is 0 Å². The molecule has 2 aliphatic rings. The number of nitriles is 1. The van der Waals surface area contributed by atoms with Crippen LogP contribution in [0.3, 0.4) is 0 Å². The standard InChI is InChI=1S/C22H24N6O3/c1-22(2)8-15-19(16(29)9-22)18(13-6-5-12(30-3)7-17(13)31-4)14(10-23)20(24)28(15)21-25-11-26-27-21/h5-7,11,18H,8-9,24H2,1-4H3,(H,25,26,27)/t18-/m1/s1. The molecular formula is C22H24N6O3. The Labute approximate surface area is 180 Å². The van der Waals surface area contributed by atoms with Crippen LogP contribution in [-0.4, -0.2) is 35.2 Å². The summed E-state index contributed by atoms with van der Waals surface area (Å²) < 4.78 is 10.9. The van der Waals surface area contributed by atoms with E-state index < -0.39 is 5.92 Å². The predicted molar refractivity (Wildman–Crippen MR) is 113 cm³/mol.